The number of Topliss-reactive ketones (excluding diaryl/α,β-unsaturated/α-hetero) is 1. The molecule has 1 aliphatic heterocycles. The summed E-state index contributed by atoms with van der Waals surface area (Å²) in [6.07, 6.45) is 0.669. The van der Waals surface area contributed by atoms with E-state index >= 15 is 0 Å². The standard InChI is InChI=1S/C21H28N2O5/c1-21(2,3)28-20(25)23-10-8-14(9-11-23)19(24)16(13-22)15-6-7-17(26-4)18(12-15)27-5/h6-7,12,14,16H,8-11H2,1-5H3. The van der Waals surface area contributed by atoms with Gasteiger partial charge in [-0.15, -0.1) is 0 Å². The van der Waals surface area contributed by atoms with Crippen LogP contribution in [-0.2, 0) is 9.53 Å². The lowest BCUT2D eigenvalue weighted by molar-refractivity contribution is -0.124. The second-order valence-electron chi connectivity index (χ2n) is 7.82. The number of ether oxygens (including phenoxy) is 3. The van der Waals surface area contributed by atoms with Crippen LogP contribution in [0.4, 0.5) is 4.79 Å². The molecule has 1 heterocycles. The number of piperidine rings is 1. The Kier molecular flexibility index (Phi) is 6.90. The van der Waals surface area contributed by atoms with Gasteiger partial charge in [0.1, 0.15) is 11.5 Å². The Morgan fingerprint density at radius 3 is 2.25 bits per heavy atom. The highest BCUT2D eigenvalue weighted by atomic mass is 16.6. The zero-order chi connectivity index (χ0) is 20.9. The largest absolute Gasteiger partial charge is 0.493 e. The lowest BCUT2D eigenvalue weighted by atomic mass is 9.83. The number of hydrogen-bond donors (Lipinski definition) is 0. The van der Waals surface area contributed by atoms with Crippen LogP contribution in [0, 0.1) is 17.2 Å². The Morgan fingerprint density at radius 1 is 1.14 bits per heavy atom. The van der Waals surface area contributed by atoms with E-state index < -0.39 is 11.5 Å². The molecule has 1 fully saturated rings. The van der Waals surface area contributed by atoms with Gasteiger partial charge >= 0.3 is 6.09 Å². The summed E-state index contributed by atoms with van der Waals surface area (Å²) in [6, 6.07) is 7.19. The highest BCUT2D eigenvalue weighted by Gasteiger charge is 2.34. The quantitative estimate of drug-likeness (QED) is 0.767. The topological polar surface area (TPSA) is 88.9 Å². The maximum absolute atomic E-state index is 13.0. The molecule has 1 saturated heterocycles. The molecule has 1 amide bonds. The van der Waals surface area contributed by atoms with Crippen molar-refractivity contribution in [2.45, 2.75) is 45.1 Å². The molecule has 1 aromatic carbocycles. The molecule has 7 nitrogen and oxygen atoms in total. The van der Waals surface area contributed by atoms with Gasteiger partial charge in [0.25, 0.3) is 0 Å². The number of methoxy groups -OCH3 is 2. The summed E-state index contributed by atoms with van der Waals surface area (Å²) in [4.78, 5) is 26.8. The predicted octanol–water partition coefficient (Wildman–Crippen LogP) is 3.53. The first-order valence-corrected chi connectivity index (χ1v) is 9.33. The van der Waals surface area contributed by atoms with E-state index in [9.17, 15) is 14.9 Å². The molecule has 0 aromatic heterocycles. The van der Waals surface area contributed by atoms with E-state index in [-0.39, 0.29) is 17.8 Å². The first-order valence-electron chi connectivity index (χ1n) is 9.33. The zero-order valence-corrected chi connectivity index (χ0v) is 17.2. The van der Waals surface area contributed by atoms with Gasteiger partial charge in [-0.1, -0.05) is 6.07 Å². The number of ketones is 1. The Hall–Kier alpha value is -2.75. The van der Waals surface area contributed by atoms with Crippen LogP contribution in [0.5, 0.6) is 11.5 Å². The van der Waals surface area contributed by atoms with Crippen LogP contribution < -0.4 is 9.47 Å². The minimum absolute atomic E-state index is 0.126. The van der Waals surface area contributed by atoms with Crippen molar-refractivity contribution in [1.29, 1.82) is 5.26 Å². The van der Waals surface area contributed by atoms with E-state index in [1.54, 1.807) is 23.1 Å². The Labute approximate surface area is 166 Å². The third-order valence-corrected chi connectivity index (χ3v) is 4.70. The lowest BCUT2D eigenvalue weighted by Crippen LogP contribution is -2.43. The zero-order valence-electron chi connectivity index (χ0n) is 17.2. The molecule has 1 unspecified atom stereocenters. The van der Waals surface area contributed by atoms with Crippen molar-refractivity contribution >= 4 is 11.9 Å². The third-order valence-electron chi connectivity index (χ3n) is 4.70. The van der Waals surface area contributed by atoms with Crippen molar-refractivity contribution in [2.75, 3.05) is 27.3 Å². The SMILES string of the molecule is COc1ccc(C(C#N)C(=O)C2CCN(C(=O)OC(C)(C)C)CC2)cc1OC. The van der Waals surface area contributed by atoms with Crippen LogP contribution in [0.3, 0.4) is 0 Å². The molecule has 1 aliphatic rings. The van der Waals surface area contributed by atoms with Crippen molar-refractivity contribution in [3.05, 3.63) is 23.8 Å². The first-order chi connectivity index (χ1) is 13.2. The van der Waals surface area contributed by atoms with Gasteiger partial charge in [-0.3, -0.25) is 4.79 Å². The van der Waals surface area contributed by atoms with Crippen molar-refractivity contribution in [3.8, 4) is 17.6 Å². The minimum Gasteiger partial charge on any atom is -0.493 e. The maximum Gasteiger partial charge on any atom is 0.410 e. The van der Waals surface area contributed by atoms with Gasteiger partial charge in [-0.2, -0.15) is 5.26 Å². The van der Waals surface area contributed by atoms with Crippen molar-refractivity contribution in [2.24, 2.45) is 5.92 Å². The van der Waals surface area contributed by atoms with Crippen molar-refractivity contribution < 1.29 is 23.8 Å². The molecule has 2 rings (SSSR count). The molecule has 1 aromatic rings. The molecule has 0 N–H and O–H groups in total. The predicted molar refractivity (Wildman–Crippen MR) is 103 cm³/mol. The van der Waals surface area contributed by atoms with Gasteiger partial charge < -0.3 is 19.1 Å². The second kappa shape index (κ2) is 8.96. The fourth-order valence-corrected chi connectivity index (χ4v) is 3.24. The summed E-state index contributed by atoms with van der Waals surface area (Å²) in [6.45, 7) is 6.34. The second-order valence-corrected chi connectivity index (χ2v) is 7.82. The number of hydrogen-bond acceptors (Lipinski definition) is 6. The van der Waals surface area contributed by atoms with Crippen LogP contribution in [0.15, 0.2) is 18.2 Å². The van der Waals surface area contributed by atoms with Crippen LogP contribution in [0.2, 0.25) is 0 Å². The lowest BCUT2D eigenvalue weighted by Gasteiger charge is -2.33. The van der Waals surface area contributed by atoms with E-state index in [1.807, 2.05) is 20.8 Å². The van der Waals surface area contributed by atoms with E-state index in [0.717, 1.165) is 0 Å². The number of nitrogens with zero attached hydrogens (tertiary/aromatic N) is 2. The molecule has 0 saturated carbocycles. The molecule has 7 heteroatoms. The average molecular weight is 388 g/mol. The summed E-state index contributed by atoms with van der Waals surface area (Å²) in [7, 11) is 3.04. The minimum atomic E-state index is -0.877. The van der Waals surface area contributed by atoms with Crippen LogP contribution in [0.1, 0.15) is 45.1 Å². The number of benzene rings is 1. The van der Waals surface area contributed by atoms with Gasteiger partial charge in [-0.05, 0) is 51.3 Å². The van der Waals surface area contributed by atoms with Crippen LogP contribution >= 0.6 is 0 Å². The van der Waals surface area contributed by atoms with Gasteiger partial charge in [0.15, 0.2) is 17.3 Å². The normalized spacial score (nSPS) is 16.1. The van der Waals surface area contributed by atoms with Crippen molar-refractivity contribution in [1.82, 2.24) is 4.90 Å². The molecule has 152 valence electrons. The number of carbonyl (C=O) groups excluding carboxylic acids is 2. The highest BCUT2D eigenvalue weighted by molar-refractivity contribution is 5.90. The molecular weight excluding hydrogens is 360 g/mol. The Bertz CT molecular complexity index is 755. The fourth-order valence-electron chi connectivity index (χ4n) is 3.24. The number of rotatable bonds is 5. The highest BCUT2D eigenvalue weighted by Crippen LogP contribution is 2.33. The van der Waals surface area contributed by atoms with E-state index in [0.29, 0.717) is 43.0 Å². The molecular formula is C21H28N2O5. The molecule has 1 atom stereocenters. The number of nitriles is 1. The Balaban J connectivity index is 2.05. The smallest absolute Gasteiger partial charge is 0.410 e. The van der Waals surface area contributed by atoms with Crippen LogP contribution in [-0.4, -0.2) is 49.7 Å². The van der Waals surface area contributed by atoms with E-state index in [4.69, 9.17) is 14.2 Å². The molecule has 28 heavy (non-hydrogen) atoms. The van der Waals surface area contributed by atoms with Gasteiger partial charge in [-0.25, -0.2) is 4.79 Å². The number of amides is 1. The maximum atomic E-state index is 13.0. The van der Waals surface area contributed by atoms with E-state index in [1.165, 1.54) is 14.2 Å². The monoisotopic (exact) mass is 388 g/mol. The van der Waals surface area contributed by atoms with Gasteiger partial charge in [0.05, 0.1) is 20.3 Å². The van der Waals surface area contributed by atoms with Crippen LogP contribution in [0.25, 0.3) is 0 Å². The summed E-state index contributed by atoms with van der Waals surface area (Å²) >= 11 is 0. The summed E-state index contributed by atoms with van der Waals surface area (Å²) in [5.41, 5.74) is 0.0306. The van der Waals surface area contributed by atoms with Gasteiger partial charge in [0.2, 0.25) is 0 Å². The summed E-state index contributed by atoms with van der Waals surface area (Å²) in [5, 5.41) is 9.61. The fraction of sp³-hybridized carbons (Fsp3) is 0.571. The summed E-state index contributed by atoms with van der Waals surface area (Å²) < 4.78 is 15.9. The molecule has 0 aliphatic carbocycles. The Morgan fingerprint density at radius 2 is 1.75 bits per heavy atom. The molecule has 0 radical (unpaired) electrons. The summed E-state index contributed by atoms with van der Waals surface area (Å²) in [5.74, 6) is -0.248. The molecule has 0 spiro atoms. The molecule has 0 bridgehead atoms. The van der Waals surface area contributed by atoms with E-state index in [2.05, 4.69) is 6.07 Å². The first kappa shape index (κ1) is 21.5. The number of likely N-dealkylation sites (tertiary alicyclic amines) is 1. The number of carbonyl (C=O) groups is 2. The average Bonchev–Trinajstić information content (AvgIpc) is 2.67. The third kappa shape index (κ3) is 5.16. The van der Waals surface area contributed by atoms with Crippen molar-refractivity contribution in [3.63, 3.8) is 0 Å². The van der Waals surface area contributed by atoms with Gasteiger partial charge in [0, 0.05) is 19.0 Å².